The summed E-state index contributed by atoms with van der Waals surface area (Å²) in [7, 11) is 0. The number of nitrogens with one attached hydrogen (secondary N) is 2. The predicted octanol–water partition coefficient (Wildman–Crippen LogP) is 2.62. The first-order chi connectivity index (χ1) is 9.29. The lowest BCUT2D eigenvalue weighted by atomic mass is 9.92. The Morgan fingerprint density at radius 1 is 1.10 bits per heavy atom. The highest BCUT2D eigenvalue weighted by molar-refractivity contribution is 6.33. The van der Waals surface area contributed by atoms with Crippen LogP contribution in [-0.4, -0.2) is 24.9 Å². The number of amides is 2. The number of carbonyl (C=O) groups is 2. The van der Waals surface area contributed by atoms with Crippen molar-refractivity contribution in [3.63, 3.8) is 0 Å². The number of hydrogen-bond donors (Lipinski definition) is 2. The molecule has 0 radical (unpaired) electrons. The van der Waals surface area contributed by atoms with Gasteiger partial charge in [0, 0.05) is 19.5 Å². The Morgan fingerprint density at radius 2 is 1.70 bits per heavy atom. The Kier molecular flexibility index (Phi) is 6.02. The quantitative estimate of drug-likeness (QED) is 0.821. The standard InChI is InChI=1S/C15H21ClN2O2/c1-15(2,3)10-13(19)17-8-9-18-14(20)11-6-4-5-7-12(11)16/h4-7H,8-10H2,1-3H3,(H,17,19)(H,18,20). The van der Waals surface area contributed by atoms with Crippen molar-refractivity contribution in [1.29, 1.82) is 0 Å². The summed E-state index contributed by atoms with van der Waals surface area (Å²) in [4.78, 5) is 23.4. The van der Waals surface area contributed by atoms with Crippen LogP contribution >= 0.6 is 11.6 Å². The number of carbonyl (C=O) groups excluding carboxylic acids is 2. The maximum atomic E-state index is 11.8. The van der Waals surface area contributed by atoms with Crippen LogP contribution in [0.15, 0.2) is 24.3 Å². The molecule has 4 nitrogen and oxygen atoms in total. The van der Waals surface area contributed by atoms with Crippen molar-refractivity contribution >= 4 is 23.4 Å². The van der Waals surface area contributed by atoms with E-state index in [-0.39, 0.29) is 17.2 Å². The van der Waals surface area contributed by atoms with Crippen molar-refractivity contribution in [2.24, 2.45) is 5.41 Å². The van der Waals surface area contributed by atoms with Gasteiger partial charge in [-0.2, -0.15) is 0 Å². The molecule has 0 spiro atoms. The fourth-order valence-electron chi connectivity index (χ4n) is 1.66. The van der Waals surface area contributed by atoms with Crippen molar-refractivity contribution in [3.05, 3.63) is 34.9 Å². The maximum Gasteiger partial charge on any atom is 0.252 e. The zero-order valence-corrected chi connectivity index (χ0v) is 12.9. The average molecular weight is 297 g/mol. The third kappa shape index (κ3) is 6.06. The topological polar surface area (TPSA) is 58.2 Å². The van der Waals surface area contributed by atoms with Crippen LogP contribution in [0.1, 0.15) is 37.6 Å². The van der Waals surface area contributed by atoms with Crippen LogP contribution in [0.2, 0.25) is 5.02 Å². The predicted molar refractivity (Wildman–Crippen MR) is 80.9 cm³/mol. The van der Waals surface area contributed by atoms with Crippen LogP contribution in [0.4, 0.5) is 0 Å². The fourth-order valence-corrected chi connectivity index (χ4v) is 1.88. The first-order valence-electron chi connectivity index (χ1n) is 6.59. The van der Waals surface area contributed by atoms with Gasteiger partial charge in [0.2, 0.25) is 5.91 Å². The summed E-state index contributed by atoms with van der Waals surface area (Å²) in [6, 6.07) is 6.86. The lowest BCUT2D eigenvalue weighted by Gasteiger charge is -2.17. The number of hydrogen-bond acceptors (Lipinski definition) is 2. The highest BCUT2D eigenvalue weighted by Gasteiger charge is 2.15. The highest BCUT2D eigenvalue weighted by atomic mass is 35.5. The number of benzene rings is 1. The van der Waals surface area contributed by atoms with E-state index in [1.807, 2.05) is 20.8 Å². The van der Waals surface area contributed by atoms with Crippen LogP contribution < -0.4 is 10.6 Å². The fraction of sp³-hybridized carbons (Fsp3) is 0.467. The van der Waals surface area contributed by atoms with E-state index in [1.165, 1.54) is 0 Å². The van der Waals surface area contributed by atoms with Crippen molar-refractivity contribution in [2.75, 3.05) is 13.1 Å². The largest absolute Gasteiger partial charge is 0.354 e. The van der Waals surface area contributed by atoms with E-state index in [0.717, 1.165) is 0 Å². The average Bonchev–Trinajstić information content (AvgIpc) is 2.33. The maximum absolute atomic E-state index is 11.8. The van der Waals surface area contributed by atoms with Gasteiger partial charge >= 0.3 is 0 Å². The van der Waals surface area contributed by atoms with E-state index in [9.17, 15) is 9.59 Å². The van der Waals surface area contributed by atoms with E-state index in [2.05, 4.69) is 10.6 Å². The smallest absolute Gasteiger partial charge is 0.252 e. The zero-order chi connectivity index (χ0) is 15.2. The van der Waals surface area contributed by atoms with Gasteiger partial charge in [0.25, 0.3) is 5.91 Å². The Balaban J connectivity index is 2.30. The molecule has 2 amide bonds. The molecule has 0 saturated carbocycles. The minimum Gasteiger partial charge on any atom is -0.354 e. The first-order valence-corrected chi connectivity index (χ1v) is 6.97. The molecule has 0 aliphatic rings. The van der Waals surface area contributed by atoms with Crippen LogP contribution in [0, 0.1) is 5.41 Å². The molecule has 0 aliphatic carbocycles. The molecule has 0 bridgehead atoms. The van der Waals surface area contributed by atoms with Crippen LogP contribution in [0.5, 0.6) is 0 Å². The van der Waals surface area contributed by atoms with Crippen LogP contribution in [0.3, 0.4) is 0 Å². The molecule has 1 aromatic rings. The number of rotatable bonds is 5. The van der Waals surface area contributed by atoms with Gasteiger partial charge in [0.15, 0.2) is 0 Å². The molecule has 2 N–H and O–H groups in total. The van der Waals surface area contributed by atoms with E-state index in [4.69, 9.17) is 11.6 Å². The lowest BCUT2D eigenvalue weighted by Crippen LogP contribution is -2.36. The Morgan fingerprint density at radius 3 is 2.30 bits per heavy atom. The molecular formula is C15H21ClN2O2. The molecule has 1 aromatic carbocycles. The van der Waals surface area contributed by atoms with E-state index < -0.39 is 0 Å². The summed E-state index contributed by atoms with van der Waals surface area (Å²) in [5.74, 6) is -0.245. The SMILES string of the molecule is CC(C)(C)CC(=O)NCCNC(=O)c1ccccc1Cl. The summed E-state index contributed by atoms with van der Waals surface area (Å²) in [6.07, 6.45) is 0.464. The second-order valence-electron chi connectivity index (χ2n) is 5.82. The first kappa shape index (κ1) is 16.5. The van der Waals surface area contributed by atoms with Crippen molar-refractivity contribution < 1.29 is 9.59 Å². The molecule has 0 aromatic heterocycles. The molecule has 0 aliphatic heterocycles. The third-order valence-corrected chi connectivity index (χ3v) is 2.87. The molecular weight excluding hydrogens is 276 g/mol. The molecule has 110 valence electrons. The van der Waals surface area contributed by atoms with Gasteiger partial charge in [-0.3, -0.25) is 9.59 Å². The normalized spacial score (nSPS) is 11.0. The summed E-state index contributed by atoms with van der Waals surface area (Å²) >= 11 is 5.92. The van der Waals surface area contributed by atoms with Gasteiger partial charge in [-0.25, -0.2) is 0 Å². The Labute approximate surface area is 124 Å². The van der Waals surface area contributed by atoms with Crippen LogP contribution in [-0.2, 0) is 4.79 Å². The highest BCUT2D eigenvalue weighted by Crippen LogP contribution is 2.17. The zero-order valence-electron chi connectivity index (χ0n) is 12.1. The second-order valence-corrected chi connectivity index (χ2v) is 6.23. The summed E-state index contributed by atoms with van der Waals surface area (Å²) < 4.78 is 0. The minimum absolute atomic E-state index is 0.00973. The van der Waals surface area contributed by atoms with Gasteiger partial charge < -0.3 is 10.6 Å². The summed E-state index contributed by atoms with van der Waals surface area (Å²) in [5.41, 5.74) is 0.403. The lowest BCUT2D eigenvalue weighted by molar-refractivity contribution is -0.122. The van der Waals surface area contributed by atoms with Gasteiger partial charge in [0.05, 0.1) is 10.6 Å². The van der Waals surface area contributed by atoms with E-state index >= 15 is 0 Å². The molecule has 1 rings (SSSR count). The molecule has 0 atom stereocenters. The van der Waals surface area contributed by atoms with E-state index in [1.54, 1.807) is 24.3 Å². The molecule has 5 heteroatoms. The van der Waals surface area contributed by atoms with Gasteiger partial charge in [-0.1, -0.05) is 44.5 Å². The Hall–Kier alpha value is -1.55. The van der Waals surface area contributed by atoms with E-state index in [0.29, 0.717) is 30.1 Å². The molecule has 0 heterocycles. The third-order valence-electron chi connectivity index (χ3n) is 2.54. The molecule has 0 unspecified atom stereocenters. The van der Waals surface area contributed by atoms with Gasteiger partial charge in [0.1, 0.15) is 0 Å². The molecule has 20 heavy (non-hydrogen) atoms. The van der Waals surface area contributed by atoms with Crippen LogP contribution in [0.25, 0.3) is 0 Å². The van der Waals surface area contributed by atoms with Crippen molar-refractivity contribution in [3.8, 4) is 0 Å². The summed E-state index contributed by atoms with van der Waals surface area (Å²) in [6.45, 7) is 6.80. The number of halogens is 1. The molecule has 0 saturated heterocycles. The van der Waals surface area contributed by atoms with Crippen molar-refractivity contribution in [1.82, 2.24) is 10.6 Å². The minimum atomic E-state index is -0.235. The second kappa shape index (κ2) is 7.29. The Bertz CT molecular complexity index is 481. The monoisotopic (exact) mass is 296 g/mol. The van der Waals surface area contributed by atoms with Crippen molar-refractivity contribution in [2.45, 2.75) is 27.2 Å². The molecule has 0 fully saturated rings. The van der Waals surface area contributed by atoms with Gasteiger partial charge in [-0.15, -0.1) is 0 Å². The summed E-state index contributed by atoms with van der Waals surface area (Å²) in [5, 5.41) is 5.91. The van der Waals surface area contributed by atoms with Gasteiger partial charge in [-0.05, 0) is 17.5 Å².